The van der Waals surface area contributed by atoms with Gasteiger partial charge in [-0.2, -0.15) is 5.26 Å². The predicted octanol–water partition coefficient (Wildman–Crippen LogP) is 2.80. The summed E-state index contributed by atoms with van der Waals surface area (Å²) >= 11 is 0. The molecule has 0 unspecified atom stereocenters. The third-order valence-electron chi connectivity index (χ3n) is 3.91. The SMILES string of the molecule is COc1nn(C)cc1C(=O)Nc1ccc(C(=O)Nc2ccc(C#N)cc2)cc1. The number of ether oxygens (including phenoxy) is 1. The number of anilines is 2. The van der Waals surface area contributed by atoms with Gasteiger partial charge in [-0.15, -0.1) is 5.10 Å². The number of aromatic nitrogens is 2. The molecule has 28 heavy (non-hydrogen) atoms. The zero-order chi connectivity index (χ0) is 20.1. The number of nitrogens with zero attached hydrogens (tertiary/aromatic N) is 3. The van der Waals surface area contributed by atoms with Crippen molar-refractivity contribution in [3.05, 3.63) is 71.4 Å². The average Bonchev–Trinajstić information content (AvgIpc) is 3.10. The van der Waals surface area contributed by atoms with Gasteiger partial charge in [0.1, 0.15) is 5.56 Å². The summed E-state index contributed by atoms with van der Waals surface area (Å²) in [5.74, 6) is -0.422. The van der Waals surface area contributed by atoms with Crippen molar-refractivity contribution in [1.29, 1.82) is 5.26 Å². The van der Waals surface area contributed by atoms with E-state index in [9.17, 15) is 9.59 Å². The highest BCUT2D eigenvalue weighted by atomic mass is 16.5. The minimum Gasteiger partial charge on any atom is -0.479 e. The van der Waals surface area contributed by atoms with E-state index in [0.717, 1.165) is 0 Å². The molecular formula is C20H17N5O3. The highest BCUT2D eigenvalue weighted by molar-refractivity contribution is 6.07. The lowest BCUT2D eigenvalue weighted by molar-refractivity contribution is 0.101. The smallest absolute Gasteiger partial charge is 0.262 e. The first-order valence-corrected chi connectivity index (χ1v) is 8.30. The molecule has 3 aromatic rings. The largest absolute Gasteiger partial charge is 0.479 e. The second-order valence-corrected chi connectivity index (χ2v) is 5.90. The molecule has 0 aliphatic carbocycles. The number of benzene rings is 2. The van der Waals surface area contributed by atoms with E-state index in [-0.39, 0.29) is 17.7 Å². The number of nitriles is 1. The van der Waals surface area contributed by atoms with Crippen LogP contribution in [-0.4, -0.2) is 28.7 Å². The zero-order valence-electron chi connectivity index (χ0n) is 15.3. The average molecular weight is 375 g/mol. The quantitative estimate of drug-likeness (QED) is 0.713. The lowest BCUT2D eigenvalue weighted by Crippen LogP contribution is -2.14. The normalized spacial score (nSPS) is 10.0. The Balaban J connectivity index is 1.66. The van der Waals surface area contributed by atoms with Crippen LogP contribution in [0.2, 0.25) is 0 Å². The highest BCUT2D eigenvalue weighted by Crippen LogP contribution is 2.18. The van der Waals surface area contributed by atoms with Gasteiger partial charge in [-0.25, -0.2) is 0 Å². The third-order valence-corrected chi connectivity index (χ3v) is 3.91. The molecule has 0 bridgehead atoms. The van der Waals surface area contributed by atoms with Gasteiger partial charge in [0.05, 0.1) is 18.7 Å². The van der Waals surface area contributed by atoms with E-state index >= 15 is 0 Å². The monoisotopic (exact) mass is 375 g/mol. The van der Waals surface area contributed by atoms with Gasteiger partial charge in [-0.05, 0) is 48.5 Å². The Hall–Kier alpha value is -4.12. The molecule has 8 heteroatoms. The molecule has 2 amide bonds. The van der Waals surface area contributed by atoms with Crippen LogP contribution in [0.25, 0.3) is 0 Å². The lowest BCUT2D eigenvalue weighted by atomic mass is 10.1. The molecule has 0 atom stereocenters. The lowest BCUT2D eigenvalue weighted by Gasteiger charge is -2.08. The van der Waals surface area contributed by atoms with Gasteiger partial charge in [-0.1, -0.05) is 0 Å². The first kappa shape index (κ1) is 18.7. The van der Waals surface area contributed by atoms with Gasteiger partial charge in [0.25, 0.3) is 11.8 Å². The maximum absolute atomic E-state index is 12.4. The van der Waals surface area contributed by atoms with Crippen molar-refractivity contribution < 1.29 is 14.3 Å². The van der Waals surface area contributed by atoms with E-state index in [1.807, 2.05) is 6.07 Å². The minimum atomic E-state index is -0.361. The summed E-state index contributed by atoms with van der Waals surface area (Å²) < 4.78 is 6.57. The maximum atomic E-state index is 12.4. The Labute approximate surface area is 161 Å². The summed E-state index contributed by atoms with van der Waals surface area (Å²) in [5, 5.41) is 18.3. The number of amides is 2. The van der Waals surface area contributed by atoms with Crippen molar-refractivity contribution in [2.75, 3.05) is 17.7 Å². The zero-order valence-corrected chi connectivity index (χ0v) is 15.3. The Morgan fingerprint density at radius 2 is 1.57 bits per heavy atom. The fraction of sp³-hybridized carbons (Fsp3) is 0.100. The third kappa shape index (κ3) is 4.16. The van der Waals surface area contributed by atoms with Gasteiger partial charge >= 0.3 is 0 Å². The van der Waals surface area contributed by atoms with Crippen LogP contribution in [0.5, 0.6) is 5.88 Å². The van der Waals surface area contributed by atoms with Crippen LogP contribution < -0.4 is 15.4 Å². The van der Waals surface area contributed by atoms with E-state index in [0.29, 0.717) is 28.1 Å². The van der Waals surface area contributed by atoms with Gasteiger partial charge in [0.15, 0.2) is 0 Å². The van der Waals surface area contributed by atoms with E-state index < -0.39 is 0 Å². The van der Waals surface area contributed by atoms with Gasteiger partial charge < -0.3 is 15.4 Å². The summed E-state index contributed by atoms with van der Waals surface area (Å²) in [4.78, 5) is 24.7. The molecule has 0 saturated carbocycles. The van der Waals surface area contributed by atoms with Crippen LogP contribution in [-0.2, 0) is 7.05 Å². The van der Waals surface area contributed by atoms with Crippen molar-refractivity contribution >= 4 is 23.2 Å². The van der Waals surface area contributed by atoms with E-state index in [1.54, 1.807) is 61.8 Å². The predicted molar refractivity (Wildman–Crippen MR) is 103 cm³/mol. The van der Waals surface area contributed by atoms with Crippen LogP contribution in [0.1, 0.15) is 26.3 Å². The summed E-state index contributed by atoms with van der Waals surface area (Å²) in [6.45, 7) is 0. The van der Waals surface area contributed by atoms with Crippen LogP contribution >= 0.6 is 0 Å². The van der Waals surface area contributed by atoms with Gasteiger partial charge in [0.2, 0.25) is 5.88 Å². The molecule has 2 N–H and O–H groups in total. The molecule has 0 spiro atoms. The van der Waals surface area contributed by atoms with E-state index in [2.05, 4.69) is 15.7 Å². The summed E-state index contributed by atoms with van der Waals surface area (Å²) in [7, 11) is 3.14. The van der Waals surface area contributed by atoms with Crippen LogP contribution in [0.15, 0.2) is 54.7 Å². The molecule has 3 rings (SSSR count). The fourth-order valence-corrected chi connectivity index (χ4v) is 2.51. The number of carbonyl (C=O) groups is 2. The minimum absolute atomic E-state index is 0.235. The Kier molecular flexibility index (Phi) is 5.37. The van der Waals surface area contributed by atoms with Crippen LogP contribution in [0.3, 0.4) is 0 Å². The number of aryl methyl sites for hydroxylation is 1. The van der Waals surface area contributed by atoms with Crippen LogP contribution in [0.4, 0.5) is 11.4 Å². The van der Waals surface area contributed by atoms with Crippen molar-refractivity contribution in [2.24, 2.45) is 7.05 Å². The van der Waals surface area contributed by atoms with E-state index in [1.165, 1.54) is 11.8 Å². The standard InChI is InChI=1S/C20H17N5O3/c1-25-12-17(20(24-25)28-2)19(27)23-16-9-5-14(6-10-16)18(26)22-15-7-3-13(11-21)4-8-15/h3-10,12H,1-2H3,(H,22,26)(H,23,27). The second kappa shape index (κ2) is 8.05. The Morgan fingerprint density at radius 1 is 1.00 bits per heavy atom. The van der Waals surface area contributed by atoms with Crippen LogP contribution in [0, 0.1) is 11.3 Å². The molecule has 0 fully saturated rings. The van der Waals surface area contributed by atoms with Crippen molar-refractivity contribution in [2.45, 2.75) is 0 Å². The number of carbonyl (C=O) groups excluding carboxylic acids is 2. The first-order valence-electron chi connectivity index (χ1n) is 8.30. The highest BCUT2D eigenvalue weighted by Gasteiger charge is 2.16. The Morgan fingerprint density at radius 3 is 2.14 bits per heavy atom. The molecule has 0 aliphatic heterocycles. The molecule has 0 saturated heterocycles. The molecule has 0 radical (unpaired) electrons. The van der Waals surface area contributed by atoms with Crippen molar-refractivity contribution in [3.8, 4) is 11.9 Å². The summed E-state index contributed by atoms with van der Waals surface area (Å²) in [6.07, 6.45) is 1.56. The van der Waals surface area contributed by atoms with E-state index in [4.69, 9.17) is 10.00 Å². The summed E-state index contributed by atoms with van der Waals surface area (Å²) in [6, 6.07) is 15.1. The molecule has 2 aromatic carbocycles. The van der Waals surface area contributed by atoms with Gasteiger partial charge in [-0.3, -0.25) is 14.3 Å². The van der Waals surface area contributed by atoms with Crippen molar-refractivity contribution in [3.63, 3.8) is 0 Å². The maximum Gasteiger partial charge on any atom is 0.262 e. The molecule has 1 aromatic heterocycles. The molecule has 8 nitrogen and oxygen atoms in total. The van der Waals surface area contributed by atoms with Crippen molar-refractivity contribution in [1.82, 2.24) is 9.78 Å². The molecule has 1 heterocycles. The Bertz CT molecular complexity index is 1050. The molecular weight excluding hydrogens is 358 g/mol. The number of hydrogen-bond donors (Lipinski definition) is 2. The topological polar surface area (TPSA) is 109 Å². The number of rotatable bonds is 5. The molecule has 0 aliphatic rings. The number of nitrogens with one attached hydrogen (secondary N) is 2. The van der Waals surface area contributed by atoms with Gasteiger partial charge in [0, 0.05) is 30.2 Å². The number of methoxy groups -OCH3 is 1. The molecule has 140 valence electrons. The first-order chi connectivity index (χ1) is 13.5. The fourth-order valence-electron chi connectivity index (χ4n) is 2.51. The number of hydrogen-bond acceptors (Lipinski definition) is 5. The summed E-state index contributed by atoms with van der Waals surface area (Å²) in [5.41, 5.74) is 2.38. The second-order valence-electron chi connectivity index (χ2n) is 5.90.